The van der Waals surface area contributed by atoms with Gasteiger partial charge in [-0.3, -0.25) is 0 Å². The quantitative estimate of drug-likeness (QED) is 0.623. The SMILES string of the molecule is FC(F)(F)c1c(Cl)cc(CBr)cc1Br. The van der Waals surface area contributed by atoms with E-state index in [2.05, 4.69) is 31.9 Å². The predicted molar refractivity (Wildman–Crippen MR) is 56.8 cm³/mol. The van der Waals surface area contributed by atoms with Crippen LogP contribution in [0.2, 0.25) is 5.02 Å². The van der Waals surface area contributed by atoms with Crippen molar-refractivity contribution in [2.45, 2.75) is 11.5 Å². The Bertz CT molecular complexity index is 326. The second kappa shape index (κ2) is 4.41. The zero-order valence-corrected chi connectivity index (χ0v) is 10.6. The van der Waals surface area contributed by atoms with Crippen LogP contribution in [-0.4, -0.2) is 0 Å². The van der Waals surface area contributed by atoms with Gasteiger partial charge in [-0.25, -0.2) is 0 Å². The molecule has 0 spiro atoms. The number of rotatable bonds is 1. The standard InChI is InChI=1S/C8H4Br2ClF3/c9-3-4-1-5(10)7(6(11)2-4)8(12,13)14/h1-2H,3H2. The molecule has 0 aliphatic carbocycles. The van der Waals surface area contributed by atoms with Crippen LogP contribution in [0.5, 0.6) is 0 Å². The highest BCUT2D eigenvalue weighted by Gasteiger charge is 2.35. The molecule has 1 aromatic rings. The van der Waals surface area contributed by atoms with Gasteiger partial charge in [0.05, 0.1) is 10.6 Å². The van der Waals surface area contributed by atoms with Crippen LogP contribution in [0.3, 0.4) is 0 Å². The lowest BCUT2D eigenvalue weighted by atomic mass is 10.1. The van der Waals surface area contributed by atoms with Crippen LogP contribution in [0.25, 0.3) is 0 Å². The number of hydrogen-bond acceptors (Lipinski definition) is 0. The van der Waals surface area contributed by atoms with Crippen molar-refractivity contribution in [1.82, 2.24) is 0 Å². The van der Waals surface area contributed by atoms with Crippen molar-refractivity contribution in [3.05, 3.63) is 32.8 Å². The molecule has 0 unspecified atom stereocenters. The van der Waals surface area contributed by atoms with Gasteiger partial charge in [0.1, 0.15) is 0 Å². The van der Waals surface area contributed by atoms with E-state index in [9.17, 15) is 13.2 Å². The van der Waals surface area contributed by atoms with Gasteiger partial charge in [0.15, 0.2) is 0 Å². The summed E-state index contributed by atoms with van der Waals surface area (Å²) in [5, 5.41) is 0.171. The van der Waals surface area contributed by atoms with Gasteiger partial charge in [-0.05, 0) is 17.7 Å². The Hall–Kier alpha value is 0.260. The van der Waals surface area contributed by atoms with E-state index in [1.807, 2.05) is 0 Å². The third-order valence-electron chi connectivity index (χ3n) is 1.54. The summed E-state index contributed by atoms with van der Waals surface area (Å²) in [6.45, 7) is 0. The molecule has 0 saturated carbocycles. The Balaban J connectivity index is 3.33. The second-order valence-electron chi connectivity index (χ2n) is 2.57. The summed E-state index contributed by atoms with van der Waals surface area (Å²) in [6, 6.07) is 2.69. The minimum absolute atomic E-state index is 0.0352. The highest BCUT2D eigenvalue weighted by atomic mass is 79.9. The van der Waals surface area contributed by atoms with Gasteiger partial charge in [0, 0.05) is 9.80 Å². The van der Waals surface area contributed by atoms with Crippen molar-refractivity contribution in [2.24, 2.45) is 0 Å². The molecule has 0 fully saturated rings. The topological polar surface area (TPSA) is 0 Å². The van der Waals surface area contributed by atoms with E-state index < -0.39 is 11.7 Å². The Morgan fingerprint density at radius 2 is 1.86 bits per heavy atom. The lowest BCUT2D eigenvalue weighted by Gasteiger charge is -2.12. The summed E-state index contributed by atoms with van der Waals surface area (Å²) in [5.74, 6) is 0. The van der Waals surface area contributed by atoms with Crippen LogP contribution >= 0.6 is 43.5 Å². The summed E-state index contributed by atoms with van der Waals surface area (Å²) < 4.78 is 37.2. The van der Waals surface area contributed by atoms with Crippen LogP contribution in [-0.2, 0) is 11.5 Å². The first-order valence-electron chi connectivity index (χ1n) is 3.47. The van der Waals surface area contributed by atoms with Crippen molar-refractivity contribution in [1.29, 1.82) is 0 Å². The first-order chi connectivity index (χ1) is 6.36. The molecule has 14 heavy (non-hydrogen) atoms. The molecular weight excluding hydrogens is 348 g/mol. The summed E-state index contributed by atoms with van der Waals surface area (Å²) in [6.07, 6.45) is -4.43. The highest BCUT2D eigenvalue weighted by Crippen LogP contribution is 2.40. The third kappa shape index (κ3) is 2.64. The number of halogens is 6. The van der Waals surface area contributed by atoms with Crippen molar-refractivity contribution in [2.75, 3.05) is 0 Å². The highest BCUT2D eigenvalue weighted by molar-refractivity contribution is 9.10. The fraction of sp³-hybridized carbons (Fsp3) is 0.250. The van der Waals surface area contributed by atoms with Gasteiger partial charge in [-0.2, -0.15) is 13.2 Å². The average Bonchev–Trinajstić information content (AvgIpc) is 1.99. The van der Waals surface area contributed by atoms with Crippen molar-refractivity contribution >= 4 is 43.5 Å². The molecule has 0 saturated heterocycles. The average molecular weight is 352 g/mol. The maximum Gasteiger partial charge on any atom is 0.418 e. The maximum absolute atomic E-state index is 12.4. The van der Waals surface area contributed by atoms with Gasteiger partial charge in [0.25, 0.3) is 0 Å². The van der Waals surface area contributed by atoms with E-state index in [1.165, 1.54) is 12.1 Å². The maximum atomic E-state index is 12.4. The van der Waals surface area contributed by atoms with Crippen molar-refractivity contribution in [3.8, 4) is 0 Å². The fourth-order valence-electron chi connectivity index (χ4n) is 0.974. The van der Waals surface area contributed by atoms with E-state index >= 15 is 0 Å². The normalized spacial score (nSPS) is 11.9. The Morgan fingerprint density at radius 3 is 2.21 bits per heavy atom. The fourth-order valence-corrected chi connectivity index (χ4v) is 2.49. The molecule has 0 radical (unpaired) electrons. The van der Waals surface area contributed by atoms with E-state index in [0.29, 0.717) is 10.9 Å². The number of hydrogen-bond donors (Lipinski definition) is 0. The first-order valence-corrected chi connectivity index (χ1v) is 5.76. The van der Waals surface area contributed by atoms with Gasteiger partial charge < -0.3 is 0 Å². The molecule has 0 atom stereocenters. The Morgan fingerprint density at radius 1 is 1.29 bits per heavy atom. The monoisotopic (exact) mass is 350 g/mol. The molecule has 0 aliphatic heterocycles. The second-order valence-corrected chi connectivity index (χ2v) is 4.39. The molecule has 0 heterocycles. The molecule has 0 nitrogen and oxygen atoms in total. The van der Waals surface area contributed by atoms with Crippen LogP contribution < -0.4 is 0 Å². The molecule has 0 N–H and O–H groups in total. The van der Waals surface area contributed by atoms with Gasteiger partial charge in [-0.15, -0.1) is 0 Å². The molecule has 1 rings (SSSR count). The molecule has 0 bridgehead atoms. The Labute approximate surface area is 101 Å². The molecule has 0 aromatic heterocycles. The van der Waals surface area contributed by atoms with E-state index in [0.717, 1.165) is 0 Å². The van der Waals surface area contributed by atoms with Gasteiger partial charge in [0.2, 0.25) is 0 Å². The molecule has 78 valence electrons. The molecule has 0 aliphatic rings. The number of benzene rings is 1. The van der Waals surface area contributed by atoms with Crippen LogP contribution in [0.15, 0.2) is 16.6 Å². The van der Waals surface area contributed by atoms with Crippen molar-refractivity contribution in [3.63, 3.8) is 0 Å². The first kappa shape index (κ1) is 12.3. The van der Waals surface area contributed by atoms with Crippen LogP contribution in [0.4, 0.5) is 13.2 Å². The van der Waals surface area contributed by atoms with E-state index in [4.69, 9.17) is 11.6 Å². The van der Waals surface area contributed by atoms with E-state index in [-0.39, 0.29) is 9.50 Å². The minimum atomic E-state index is -4.43. The third-order valence-corrected chi connectivity index (χ3v) is 3.11. The van der Waals surface area contributed by atoms with Gasteiger partial charge in [-0.1, -0.05) is 43.5 Å². The van der Waals surface area contributed by atoms with Crippen LogP contribution in [0.1, 0.15) is 11.1 Å². The number of alkyl halides is 4. The summed E-state index contributed by atoms with van der Waals surface area (Å²) in [5.41, 5.74) is -0.140. The Kier molecular flexibility index (Phi) is 3.88. The zero-order chi connectivity index (χ0) is 10.9. The van der Waals surface area contributed by atoms with Gasteiger partial charge >= 0.3 is 6.18 Å². The minimum Gasteiger partial charge on any atom is -0.166 e. The summed E-state index contributed by atoms with van der Waals surface area (Å²) >= 11 is 11.5. The van der Waals surface area contributed by atoms with Crippen molar-refractivity contribution < 1.29 is 13.2 Å². The van der Waals surface area contributed by atoms with Crippen LogP contribution in [0, 0.1) is 0 Å². The molecule has 0 amide bonds. The smallest absolute Gasteiger partial charge is 0.166 e. The van der Waals surface area contributed by atoms with E-state index in [1.54, 1.807) is 0 Å². The lowest BCUT2D eigenvalue weighted by molar-refractivity contribution is -0.138. The lowest BCUT2D eigenvalue weighted by Crippen LogP contribution is -2.07. The summed E-state index contributed by atoms with van der Waals surface area (Å²) in [7, 11) is 0. The zero-order valence-electron chi connectivity index (χ0n) is 6.63. The molecule has 6 heteroatoms. The molecule has 1 aromatic carbocycles. The largest absolute Gasteiger partial charge is 0.418 e. The predicted octanol–water partition coefficient (Wildman–Crippen LogP) is 5.02. The molecular formula is C8H4Br2ClF3. The summed E-state index contributed by atoms with van der Waals surface area (Å²) in [4.78, 5) is 0.